The Kier molecular flexibility index (Phi) is 4.51. The number of carboxylic acids is 2. The molecule has 0 aromatic carbocycles. The van der Waals surface area contributed by atoms with Gasteiger partial charge in [0.1, 0.15) is 6.04 Å². The minimum absolute atomic E-state index is 0.547. The summed E-state index contributed by atoms with van der Waals surface area (Å²) in [4.78, 5) is 20.3. The Morgan fingerprint density at radius 2 is 1.79 bits per heavy atom. The molecule has 0 aliphatic rings. The van der Waals surface area contributed by atoms with Crippen LogP contribution in [0, 0.1) is 0 Å². The van der Waals surface area contributed by atoms with E-state index in [1.54, 1.807) is 0 Å². The van der Waals surface area contributed by atoms with Crippen LogP contribution < -0.4 is 5.73 Å². The lowest BCUT2D eigenvalue weighted by Crippen LogP contribution is -2.38. The second-order valence-electron chi connectivity index (χ2n) is 2.70. The second-order valence-corrected chi connectivity index (χ2v) is 4.93. The maximum atomic E-state index is 11.0. The van der Waals surface area contributed by atoms with Crippen LogP contribution in [-0.2, 0) is 19.4 Å². The van der Waals surface area contributed by atoms with Crippen LogP contribution in [0.15, 0.2) is 0 Å². The van der Waals surface area contributed by atoms with Crippen molar-refractivity contribution in [1.29, 1.82) is 0 Å². The summed E-state index contributed by atoms with van der Waals surface area (Å²) in [5.74, 6) is -4.01. The van der Waals surface area contributed by atoms with Gasteiger partial charge in [-0.25, -0.2) is 8.42 Å². The van der Waals surface area contributed by atoms with Gasteiger partial charge in [0.25, 0.3) is 0 Å². The summed E-state index contributed by atoms with van der Waals surface area (Å²) in [6, 6.07) is -1.51. The largest absolute Gasteiger partial charge is 0.481 e. The summed E-state index contributed by atoms with van der Waals surface area (Å²) < 4.78 is 22.1. The Morgan fingerprint density at radius 3 is 2.14 bits per heavy atom. The summed E-state index contributed by atoms with van der Waals surface area (Å²) in [5.41, 5.74) is 4.98. The molecule has 0 saturated carbocycles. The van der Waals surface area contributed by atoms with Gasteiger partial charge >= 0.3 is 11.9 Å². The third kappa shape index (κ3) is 5.49. The van der Waals surface area contributed by atoms with Crippen LogP contribution in [0.4, 0.5) is 0 Å². The Balaban J connectivity index is 4.21. The minimum Gasteiger partial charge on any atom is -0.481 e. The van der Waals surface area contributed by atoms with E-state index in [-0.39, 0.29) is 0 Å². The number of carboxylic acid groups (broad SMARTS) is 2. The summed E-state index contributed by atoms with van der Waals surface area (Å²) in [7, 11) is -3.71. The number of aliphatic carboxylic acids is 2. The topological polar surface area (TPSA) is 135 Å². The Morgan fingerprint density at radius 1 is 1.29 bits per heavy atom. The van der Waals surface area contributed by atoms with Crippen molar-refractivity contribution in [2.75, 3.05) is 11.5 Å². The Hall–Kier alpha value is -1.15. The molecule has 0 aliphatic heterocycles. The van der Waals surface area contributed by atoms with Gasteiger partial charge in [-0.2, -0.15) is 0 Å². The van der Waals surface area contributed by atoms with Crippen molar-refractivity contribution in [1.82, 2.24) is 0 Å². The van der Waals surface area contributed by atoms with E-state index in [1.165, 1.54) is 0 Å². The molecule has 0 saturated heterocycles. The molecular formula is C6H11NO6S. The van der Waals surface area contributed by atoms with Gasteiger partial charge in [-0.15, -0.1) is 0 Å². The summed E-state index contributed by atoms with van der Waals surface area (Å²) in [5, 5.41) is 16.5. The van der Waals surface area contributed by atoms with Crippen LogP contribution in [0.2, 0.25) is 0 Å². The molecule has 82 valence electrons. The van der Waals surface area contributed by atoms with Crippen molar-refractivity contribution in [2.45, 2.75) is 12.5 Å². The van der Waals surface area contributed by atoms with E-state index in [0.29, 0.717) is 0 Å². The first kappa shape index (κ1) is 12.8. The van der Waals surface area contributed by atoms with Crippen LogP contribution in [0.1, 0.15) is 6.42 Å². The van der Waals surface area contributed by atoms with Gasteiger partial charge in [0.2, 0.25) is 0 Å². The summed E-state index contributed by atoms with van der Waals surface area (Å²) >= 11 is 0. The monoisotopic (exact) mass is 225 g/mol. The molecule has 0 spiro atoms. The lowest BCUT2D eigenvalue weighted by molar-refractivity contribution is -0.138. The molecule has 0 radical (unpaired) electrons. The molecule has 14 heavy (non-hydrogen) atoms. The van der Waals surface area contributed by atoms with Gasteiger partial charge in [0.05, 0.1) is 17.9 Å². The van der Waals surface area contributed by atoms with E-state index in [0.717, 1.165) is 0 Å². The van der Waals surface area contributed by atoms with Crippen LogP contribution in [0.5, 0.6) is 0 Å². The third-order valence-electron chi connectivity index (χ3n) is 1.38. The first-order chi connectivity index (χ1) is 6.24. The predicted octanol–water partition coefficient (Wildman–Crippen LogP) is -1.71. The SMILES string of the molecule is N[C@@H](CS(=O)(=O)CCC(=O)O)C(=O)O. The van der Waals surface area contributed by atoms with E-state index in [1.807, 2.05) is 0 Å². The van der Waals surface area contributed by atoms with Gasteiger partial charge < -0.3 is 15.9 Å². The van der Waals surface area contributed by atoms with Crippen LogP contribution in [0.3, 0.4) is 0 Å². The minimum atomic E-state index is -3.71. The first-order valence-corrected chi connectivity index (χ1v) is 5.47. The van der Waals surface area contributed by atoms with E-state index >= 15 is 0 Å². The van der Waals surface area contributed by atoms with E-state index in [4.69, 9.17) is 15.9 Å². The number of carbonyl (C=O) groups is 2. The highest BCUT2D eigenvalue weighted by atomic mass is 32.2. The zero-order valence-corrected chi connectivity index (χ0v) is 8.03. The standard InChI is InChI=1S/C6H11NO6S/c7-4(6(10)11)3-14(12,13)2-1-5(8)9/h4H,1-3,7H2,(H,8,9)(H,10,11)/t4-/m0/s1. The zero-order chi connectivity index (χ0) is 11.4. The number of hydrogen-bond acceptors (Lipinski definition) is 5. The van der Waals surface area contributed by atoms with E-state index < -0.39 is 45.7 Å². The molecular weight excluding hydrogens is 214 g/mol. The van der Waals surface area contributed by atoms with E-state index in [9.17, 15) is 18.0 Å². The first-order valence-electron chi connectivity index (χ1n) is 3.65. The molecule has 1 atom stereocenters. The third-order valence-corrected chi connectivity index (χ3v) is 3.07. The fraction of sp³-hybridized carbons (Fsp3) is 0.667. The van der Waals surface area contributed by atoms with Gasteiger partial charge in [-0.1, -0.05) is 0 Å². The number of nitrogens with two attached hydrogens (primary N) is 1. The lowest BCUT2D eigenvalue weighted by Gasteiger charge is -2.06. The highest BCUT2D eigenvalue weighted by Crippen LogP contribution is 1.97. The molecule has 7 nitrogen and oxygen atoms in total. The maximum Gasteiger partial charge on any atom is 0.321 e. The Bertz CT molecular complexity index is 321. The zero-order valence-electron chi connectivity index (χ0n) is 7.21. The van der Waals surface area contributed by atoms with Crippen molar-refractivity contribution in [3.8, 4) is 0 Å². The molecule has 0 aliphatic carbocycles. The summed E-state index contributed by atoms with van der Waals surface area (Å²) in [6.07, 6.45) is -0.547. The highest BCUT2D eigenvalue weighted by Gasteiger charge is 2.21. The van der Waals surface area contributed by atoms with Crippen LogP contribution >= 0.6 is 0 Å². The second kappa shape index (κ2) is 4.91. The molecule has 0 aromatic rings. The van der Waals surface area contributed by atoms with Crippen molar-refractivity contribution < 1.29 is 28.2 Å². The Labute approximate surface area is 80.4 Å². The summed E-state index contributed by atoms with van der Waals surface area (Å²) in [6.45, 7) is 0. The molecule has 0 bridgehead atoms. The molecule has 0 amide bonds. The van der Waals surface area contributed by atoms with Crippen LogP contribution in [0.25, 0.3) is 0 Å². The molecule has 0 unspecified atom stereocenters. The fourth-order valence-corrected chi connectivity index (χ4v) is 2.01. The van der Waals surface area contributed by atoms with Crippen molar-refractivity contribution in [2.24, 2.45) is 5.73 Å². The molecule has 0 heterocycles. The number of sulfone groups is 1. The number of rotatable bonds is 6. The predicted molar refractivity (Wildman–Crippen MR) is 46.5 cm³/mol. The van der Waals surface area contributed by atoms with Crippen molar-refractivity contribution >= 4 is 21.8 Å². The quantitative estimate of drug-likeness (QED) is 0.489. The molecule has 8 heteroatoms. The smallest absolute Gasteiger partial charge is 0.321 e. The van der Waals surface area contributed by atoms with Crippen LogP contribution in [-0.4, -0.2) is 48.1 Å². The van der Waals surface area contributed by atoms with Gasteiger partial charge in [0.15, 0.2) is 9.84 Å². The molecule has 0 rings (SSSR count). The number of hydrogen-bond donors (Lipinski definition) is 3. The highest BCUT2D eigenvalue weighted by molar-refractivity contribution is 7.91. The lowest BCUT2D eigenvalue weighted by atomic mass is 10.4. The molecule has 0 fully saturated rings. The van der Waals surface area contributed by atoms with Gasteiger partial charge in [-0.3, -0.25) is 9.59 Å². The van der Waals surface area contributed by atoms with Gasteiger partial charge in [0, 0.05) is 0 Å². The molecule has 0 aromatic heterocycles. The molecule has 4 N–H and O–H groups in total. The van der Waals surface area contributed by atoms with Crippen molar-refractivity contribution in [3.63, 3.8) is 0 Å². The van der Waals surface area contributed by atoms with Crippen molar-refractivity contribution in [3.05, 3.63) is 0 Å². The maximum absolute atomic E-state index is 11.0. The van der Waals surface area contributed by atoms with E-state index in [2.05, 4.69) is 0 Å². The normalized spacial score (nSPS) is 13.5. The average molecular weight is 225 g/mol. The van der Waals surface area contributed by atoms with Gasteiger partial charge in [-0.05, 0) is 0 Å². The fourth-order valence-electron chi connectivity index (χ4n) is 0.671. The average Bonchev–Trinajstić information content (AvgIpc) is 2.00.